The molecular formula is C29H34ClN3O5S. The molecule has 0 unspecified atom stereocenters. The molecule has 0 heterocycles. The first-order valence-corrected chi connectivity index (χ1v) is 14.5. The smallest absolute Gasteiger partial charge is 0.264 e. The summed E-state index contributed by atoms with van der Waals surface area (Å²) in [5.74, 6) is -0.572. The Kier molecular flexibility index (Phi) is 10.4. The van der Waals surface area contributed by atoms with Crippen LogP contribution < -0.4 is 14.4 Å². The summed E-state index contributed by atoms with van der Waals surface area (Å²) >= 11 is 6.03. The van der Waals surface area contributed by atoms with Crippen molar-refractivity contribution in [1.29, 1.82) is 0 Å². The number of sulfonamides is 1. The van der Waals surface area contributed by atoms with Crippen LogP contribution in [0.15, 0.2) is 77.7 Å². The maximum Gasteiger partial charge on any atom is 0.264 e. The third-order valence-electron chi connectivity index (χ3n) is 6.11. The fourth-order valence-corrected chi connectivity index (χ4v) is 5.53. The molecule has 3 rings (SSSR count). The second kappa shape index (κ2) is 13.5. The Labute approximate surface area is 235 Å². The molecule has 8 nitrogen and oxygen atoms in total. The average molecular weight is 572 g/mol. The van der Waals surface area contributed by atoms with Crippen molar-refractivity contribution in [2.24, 2.45) is 0 Å². The molecule has 0 fully saturated rings. The van der Waals surface area contributed by atoms with Gasteiger partial charge in [0.1, 0.15) is 18.3 Å². The lowest BCUT2D eigenvalue weighted by molar-refractivity contribution is -0.139. The number of anilines is 1. The van der Waals surface area contributed by atoms with E-state index >= 15 is 0 Å². The van der Waals surface area contributed by atoms with Gasteiger partial charge >= 0.3 is 0 Å². The average Bonchev–Trinajstić information content (AvgIpc) is 2.92. The number of ether oxygens (including phenoxy) is 1. The van der Waals surface area contributed by atoms with Gasteiger partial charge in [-0.05, 0) is 69.7 Å². The number of benzene rings is 3. The highest BCUT2D eigenvalue weighted by atomic mass is 35.5. The number of para-hydroxylation sites is 2. The normalized spacial score (nSPS) is 11.9. The molecule has 3 aromatic carbocycles. The van der Waals surface area contributed by atoms with Crippen LogP contribution in [0.5, 0.6) is 5.75 Å². The van der Waals surface area contributed by atoms with Gasteiger partial charge in [-0.15, -0.1) is 0 Å². The molecule has 0 radical (unpaired) electrons. The van der Waals surface area contributed by atoms with Crippen LogP contribution in [0.4, 0.5) is 5.69 Å². The zero-order valence-corrected chi connectivity index (χ0v) is 24.1. The lowest BCUT2D eigenvalue weighted by Crippen LogP contribution is -2.51. The minimum Gasteiger partial charge on any atom is -0.492 e. The van der Waals surface area contributed by atoms with E-state index in [1.807, 2.05) is 6.92 Å². The topological polar surface area (TPSA) is 96.0 Å². The van der Waals surface area contributed by atoms with Crippen molar-refractivity contribution >= 4 is 39.1 Å². The van der Waals surface area contributed by atoms with Crippen molar-refractivity contribution in [3.63, 3.8) is 0 Å². The van der Waals surface area contributed by atoms with E-state index in [0.29, 0.717) is 23.9 Å². The number of nitrogens with one attached hydrogen (secondary N) is 1. The fourth-order valence-electron chi connectivity index (χ4n) is 3.98. The number of carbonyl (C=O) groups is 2. The fraction of sp³-hybridized carbons (Fsp3) is 0.310. The van der Waals surface area contributed by atoms with E-state index in [0.717, 1.165) is 15.4 Å². The molecule has 0 saturated carbocycles. The lowest BCUT2D eigenvalue weighted by Gasteiger charge is -2.32. The molecule has 0 bridgehead atoms. The highest BCUT2D eigenvalue weighted by molar-refractivity contribution is 7.92. The van der Waals surface area contributed by atoms with Gasteiger partial charge in [0, 0.05) is 18.1 Å². The molecule has 39 heavy (non-hydrogen) atoms. The first-order valence-electron chi connectivity index (χ1n) is 12.7. The summed E-state index contributed by atoms with van der Waals surface area (Å²) in [5, 5.41) is 3.28. The van der Waals surface area contributed by atoms with E-state index in [9.17, 15) is 18.0 Å². The zero-order chi connectivity index (χ0) is 28.6. The first kappa shape index (κ1) is 30.0. The van der Waals surface area contributed by atoms with Crippen LogP contribution >= 0.6 is 11.6 Å². The molecule has 0 saturated heterocycles. The van der Waals surface area contributed by atoms with Crippen molar-refractivity contribution in [2.75, 3.05) is 24.0 Å². The van der Waals surface area contributed by atoms with E-state index in [4.69, 9.17) is 16.3 Å². The van der Waals surface area contributed by atoms with Crippen LogP contribution in [0, 0.1) is 6.92 Å². The molecule has 0 spiro atoms. The summed E-state index contributed by atoms with van der Waals surface area (Å²) in [6.07, 6.45) is 0. The minimum absolute atomic E-state index is 0.0354. The van der Waals surface area contributed by atoms with Crippen LogP contribution in [0.3, 0.4) is 0 Å². The number of halogens is 1. The predicted molar refractivity (Wildman–Crippen MR) is 153 cm³/mol. The number of carbonyl (C=O) groups excluding carboxylic acids is 2. The van der Waals surface area contributed by atoms with Crippen LogP contribution in [-0.2, 0) is 26.2 Å². The highest BCUT2D eigenvalue weighted by Gasteiger charge is 2.33. The number of amides is 2. The largest absolute Gasteiger partial charge is 0.492 e. The standard InChI is InChI=1S/C29H34ClN3O5S/c1-5-31-29(35)22(4)32(19-23-13-15-24(30)16-14-23)28(34)20-33(26-9-7-8-10-27(26)38-6-2)39(36,37)25-17-11-21(3)12-18-25/h7-18,22H,5-6,19-20H2,1-4H3,(H,31,35)/t22-/m1/s1. The third kappa shape index (κ3) is 7.52. The maximum atomic E-state index is 14.0. The molecular weight excluding hydrogens is 538 g/mol. The zero-order valence-electron chi connectivity index (χ0n) is 22.6. The number of aryl methyl sites for hydroxylation is 1. The summed E-state index contributed by atoms with van der Waals surface area (Å²) in [5.41, 5.74) is 1.87. The van der Waals surface area contributed by atoms with Gasteiger partial charge in [0.15, 0.2) is 0 Å². The van der Waals surface area contributed by atoms with Gasteiger partial charge in [0.05, 0.1) is 17.2 Å². The Balaban J connectivity index is 2.07. The molecule has 208 valence electrons. The molecule has 0 aromatic heterocycles. The highest BCUT2D eigenvalue weighted by Crippen LogP contribution is 2.33. The quantitative estimate of drug-likeness (QED) is 0.337. The summed E-state index contributed by atoms with van der Waals surface area (Å²) in [4.78, 5) is 28.1. The lowest BCUT2D eigenvalue weighted by atomic mass is 10.1. The van der Waals surface area contributed by atoms with E-state index in [1.54, 1.807) is 81.4 Å². The number of likely N-dealkylation sites (N-methyl/N-ethyl adjacent to an activating group) is 1. The number of hydrogen-bond donors (Lipinski definition) is 1. The Morgan fingerprint density at radius 3 is 2.23 bits per heavy atom. The molecule has 0 aliphatic carbocycles. The summed E-state index contributed by atoms with van der Waals surface area (Å²) in [6.45, 7) is 7.30. The van der Waals surface area contributed by atoms with Crippen molar-refractivity contribution in [3.05, 3.63) is 88.9 Å². The number of rotatable bonds is 12. The summed E-state index contributed by atoms with van der Waals surface area (Å²) < 4.78 is 34.7. The first-order chi connectivity index (χ1) is 18.6. The predicted octanol–water partition coefficient (Wildman–Crippen LogP) is 4.80. The molecule has 1 N–H and O–H groups in total. The Hall–Kier alpha value is -3.56. The van der Waals surface area contributed by atoms with Crippen LogP contribution in [0.2, 0.25) is 5.02 Å². The second-order valence-electron chi connectivity index (χ2n) is 8.94. The van der Waals surface area contributed by atoms with Crippen molar-refractivity contribution in [1.82, 2.24) is 10.2 Å². The van der Waals surface area contributed by atoms with E-state index in [-0.39, 0.29) is 23.0 Å². The molecule has 0 aliphatic rings. The van der Waals surface area contributed by atoms with E-state index in [1.165, 1.54) is 17.0 Å². The summed E-state index contributed by atoms with van der Waals surface area (Å²) in [6, 6.07) is 19.1. The third-order valence-corrected chi connectivity index (χ3v) is 8.13. The van der Waals surface area contributed by atoms with Gasteiger partial charge < -0.3 is 15.0 Å². The monoisotopic (exact) mass is 571 g/mol. The molecule has 10 heteroatoms. The minimum atomic E-state index is -4.19. The molecule has 3 aromatic rings. The molecule has 0 aliphatic heterocycles. The van der Waals surface area contributed by atoms with Crippen LogP contribution in [-0.4, -0.2) is 50.9 Å². The van der Waals surface area contributed by atoms with Gasteiger partial charge in [0.25, 0.3) is 10.0 Å². The van der Waals surface area contributed by atoms with E-state index in [2.05, 4.69) is 5.32 Å². The van der Waals surface area contributed by atoms with Crippen LogP contribution in [0.1, 0.15) is 31.9 Å². The Morgan fingerprint density at radius 1 is 0.974 bits per heavy atom. The van der Waals surface area contributed by atoms with Gasteiger partial charge in [-0.25, -0.2) is 8.42 Å². The van der Waals surface area contributed by atoms with Crippen molar-refractivity contribution < 1.29 is 22.7 Å². The maximum absolute atomic E-state index is 14.0. The Bertz CT molecular complexity index is 1380. The summed E-state index contributed by atoms with van der Waals surface area (Å²) in [7, 11) is -4.19. The van der Waals surface area contributed by atoms with Gasteiger partial charge in [0.2, 0.25) is 11.8 Å². The van der Waals surface area contributed by atoms with Crippen molar-refractivity contribution in [2.45, 2.75) is 45.2 Å². The molecule has 2 amide bonds. The van der Waals surface area contributed by atoms with Crippen LogP contribution in [0.25, 0.3) is 0 Å². The SMILES string of the molecule is CCNC(=O)[C@@H](C)N(Cc1ccc(Cl)cc1)C(=O)CN(c1ccccc1OCC)S(=O)(=O)c1ccc(C)cc1. The van der Waals surface area contributed by atoms with Gasteiger partial charge in [-0.1, -0.05) is 53.6 Å². The van der Waals surface area contributed by atoms with E-state index < -0.39 is 28.5 Å². The van der Waals surface area contributed by atoms with Crippen molar-refractivity contribution in [3.8, 4) is 5.75 Å². The molecule has 1 atom stereocenters. The number of nitrogens with zero attached hydrogens (tertiary/aromatic N) is 2. The van der Waals surface area contributed by atoms with Gasteiger partial charge in [-0.2, -0.15) is 0 Å². The Morgan fingerprint density at radius 2 is 1.62 bits per heavy atom. The number of hydrogen-bond acceptors (Lipinski definition) is 5. The van der Waals surface area contributed by atoms with Gasteiger partial charge in [-0.3, -0.25) is 13.9 Å². The second-order valence-corrected chi connectivity index (χ2v) is 11.2.